The minimum absolute atomic E-state index is 0.00362. The zero-order valence-corrected chi connectivity index (χ0v) is 31.0. The van der Waals surface area contributed by atoms with Gasteiger partial charge >= 0.3 is 11.9 Å². The molecular formula is C40H61NO7. The van der Waals surface area contributed by atoms with Crippen LogP contribution in [0.3, 0.4) is 0 Å². The quantitative estimate of drug-likeness (QED) is 0.178. The van der Waals surface area contributed by atoms with Crippen LogP contribution in [0.5, 0.6) is 0 Å². The third-order valence-electron chi connectivity index (χ3n) is 14.8. The van der Waals surface area contributed by atoms with E-state index in [0.29, 0.717) is 18.3 Å². The van der Waals surface area contributed by atoms with Crippen LogP contribution in [0.4, 0.5) is 0 Å². The number of hydrogen-bond acceptors (Lipinski definition) is 6. The first kappa shape index (κ1) is 36.8. The van der Waals surface area contributed by atoms with Gasteiger partial charge in [0.2, 0.25) is 5.91 Å². The molecule has 5 aliphatic rings. The van der Waals surface area contributed by atoms with Crippen molar-refractivity contribution in [1.29, 1.82) is 0 Å². The highest BCUT2D eigenvalue weighted by Gasteiger charge is 2.70. The molecule has 0 aromatic carbocycles. The summed E-state index contributed by atoms with van der Waals surface area (Å²) >= 11 is 0. The van der Waals surface area contributed by atoms with Crippen LogP contribution in [0.2, 0.25) is 0 Å². The van der Waals surface area contributed by atoms with Crippen molar-refractivity contribution in [2.45, 2.75) is 133 Å². The number of rotatable bonds is 9. The molecule has 1 amide bonds. The molecule has 268 valence electrons. The van der Waals surface area contributed by atoms with E-state index in [-0.39, 0.29) is 70.9 Å². The van der Waals surface area contributed by atoms with Crippen LogP contribution in [-0.4, -0.2) is 53.1 Å². The number of carbonyl (C=O) groups excluding carboxylic acids is 3. The molecule has 0 unspecified atom stereocenters. The van der Waals surface area contributed by atoms with Crippen molar-refractivity contribution in [3.8, 4) is 0 Å². The summed E-state index contributed by atoms with van der Waals surface area (Å²) in [4.78, 5) is 51.1. The van der Waals surface area contributed by atoms with Gasteiger partial charge in [0, 0.05) is 23.8 Å². The van der Waals surface area contributed by atoms with Gasteiger partial charge in [0.05, 0.1) is 18.4 Å². The summed E-state index contributed by atoms with van der Waals surface area (Å²) in [5.74, 6) is -0.186. The predicted octanol–water partition coefficient (Wildman–Crippen LogP) is 7.04. The molecule has 0 heterocycles. The van der Waals surface area contributed by atoms with Gasteiger partial charge in [0.15, 0.2) is 5.78 Å². The van der Waals surface area contributed by atoms with Crippen LogP contribution in [0.15, 0.2) is 23.3 Å². The fourth-order valence-electron chi connectivity index (χ4n) is 12.2. The molecule has 5 rings (SSSR count). The summed E-state index contributed by atoms with van der Waals surface area (Å²) in [5.41, 5.74) is 0.563. The maximum Gasteiger partial charge on any atom is 0.309 e. The van der Waals surface area contributed by atoms with Crippen molar-refractivity contribution in [2.24, 2.45) is 56.2 Å². The number of fused-ring (bicyclic) bond motifs is 7. The molecule has 0 aromatic heterocycles. The number of allylic oxidation sites excluding steroid dienone is 3. The second-order valence-electron chi connectivity index (χ2n) is 18.4. The van der Waals surface area contributed by atoms with Crippen molar-refractivity contribution < 1.29 is 34.1 Å². The number of aliphatic hydroxyl groups excluding tert-OH is 1. The Labute approximate surface area is 287 Å². The van der Waals surface area contributed by atoms with Gasteiger partial charge in [-0.05, 0) is 122 Å². The van der Waals surface area contributed by atoms with Crippen LogP contribution in [-0.2, 0) is 23.9 Å². The standard InChI is InChI=1S/C40H61NO7/c1-24(2)32-26(43)22-40(17-14-30(44)41-20-21-42)19-18-38(8)25(33(32)40)10-11-28-37(7)15-13-29(48-31(45)23-35(3,4)34(46)47)36(5,6)27(37)12-16-39(28,38)9/h14,17,24-25,27-29,42H,10-13,15-16,18-23H2,1-9H3,(H,41,44)(H,46,47)/b17-14+/t25-,27+,28-,29+,37+,38-,39-,40+/m1/s1. The maximum absolute atomic E-state index is 13.8. The second-order valence-corrected chi connectivity index (χ2v) is 18.4. The van der Waals surface area contributed by atoms with Crippen LogP contribution < -0.4 is 5.32 Å². The summed E-state index contributed by atoms with van der Waals surface area (Å²) in [6, 6.07) is 0. The van der Waals surface area contributed by atoms with E-state index >= 15 is 0 Å². The molecular weight excluding hydrogens is 606 g/mol. The van der Waals surface area contributed by atoms with Crippen LogP contribution in [0.1, 0.15) is 127 Å². The highest BCUT2D eigenvalue weighted by Crippen LogP contribution is 2.76. The highest BCUT2D eigenvalue weighted by molar-refractivity contribution is 6.01. The number of Topliss-reactive ketones (excluding diaryl/α,β-unsaturated/α-hetero) is 1. The number of aliphatic carboxylic acids is 1. The van der Waals surface area contributed by atoms with Crippen LogP contribution in [0.25, 0.3) is 0 Å². The minimum atomic E-state index is -1.17. The Kier molecular flexibility index (Phi) is 9.49. The van der Waals surface area contributed by atoms with Crippen molar-refractivity contribution in [2.75, 3.05) is 13.2 Å². The Bertz CT molecular complexity index is 1410. The fourth-order valence-corrected chi connectivity index (χ4v) is 12.2. The lowest BCUT2D eigenvalue weighted by molar-refractivity contribution is -0.232. The fraction of sp³-hybridized carbons (Fsp3) is 0.800. The van der Waals surface area contributed by atoms with Crippen molar-refractivity contribution in [3.63, 3.8) is 0 Å². The van der Waals surface area contributed by atoms with Gasteiger partial charge in [-0.15, -0.1) is 0 Å². The molecule has 8 atom stereocenters. The van der Waals surface area contributed by atoms with E-state index in [2.05, 4.69) is 53.8 Å². The number of ether oxygens (including phenoxy) is 1. The monoisotopic (exact) mass is 667 g/mol. The lowest BCUT2D eigenvalue weighted by atomic mass is 9.33. The largest absolute Gasteiger partial charge is 0.481 e. The summed E-state index contributed by atoms with van der Waals surface area (Å²) < 4.78 is 6.13. The average molecular weight is 668 g/mol. The van der Waals surface area contributed by atoms with E-state index in [9.17, 15) is 29.4 Å². The van der Waals surface area contributed by atoms with E-state index in [4.69, 9.17) is 4.74 Å². The summed E-state index contributed by atoms with van der Waals surface area (Å²) in [6.45, 7) is 19.6. The lowest BCUT2D eigenvalue weighted by Crippen LogP contribution is -2.65. The molecule has 4 fully saturated rings. The number of carbonyl (C=O) groups is 4. The van der Waals surface area contributed by atoms with Crippen molar-refractivity contribution >= 4 is 23.6 Å². The Morgan fingerprint density at radius 3 is 2.27 bits per heavy atom. The number of amides is 1. The van der Waals surface area contributed by atoms with Gasteiger partial charge in [-0.1, -0.05) is 54.5 Å². The zero-order valence-electron chi connectivity index (χ0n) is 31.0. The molecule has 8 heteroatoms. The van der Waals surface area contributed by atoms with Gasteiger partial charge in [-0.2, -0.15) is 0 Å². The van der Waals surface area contributed by atoms with Crippen molar-refractivity contribution in [3.05, 3.63) is 23.3 Å². The second kappa shape index (κ2) is 12.4. The number of ketones is 1. The zero-order chi connectivity index (χ0) is 35.7. The average Bonchev–Trinajstić information content (AvgIpc) is 3.29. The lowest BCUT2D eigenvalue weighted by Gasteiger charge is -2.72. The SMILES string of the molecule is CC(C)C1=C2[C@H]3CC[C@@H]4[C@@]5(C)CC[C@H](OC(=O)CC(C)(C)C(=O)O)C(C)(C)[C@@H]5CC[C@@]4(C)[C@]3(C)CC[C@@]2(/C=C/C(=O)NCCO)CC1=O. The van der Waals surface area contributed by atoms with E-state index < -0.39 is 22.8 Å². The first-order valence-corrected chi connectivity index (χ1v) is 18.5. The summed E-state index contributed by atoms with van der Waals surface area (Å²) in [5, 5.41) is 21.5. The molecule has 0 bridgehead atoms. The van der Waals surface area contributed by atoms with Crippen LogP contribution >= 0.6 is 0 Å². The molecule has 0 aromatic rings. The Balaban J connectivity index is 1.45. The van der Waals surface area contributed by atoms with Crippen LogP contribution in [0, 0.1) is 56.2 Å². The van der Waals surface area contributed by atoms with E-state index in [1.807, 2.05) is 6.08 Å². The Morgan fingerprint density at radius 2 is 1.65 bits per heavy atom. The molecule has 5 aliphatic carbocycles. The number of carboxylic acid groups (broad SMARTS) is 1. The number of carboxylic acids is 1. The van der Waals surface area contributed by atoms with E-state index in [1.165, 1.54) is 5.57 Å². The summed E-state index contributed by atoms with van der Waals surface area (Å²) in [7, 11) is 0. The van der Waals surface area contributed by atoms with Gasteiger partial charge in [0.1, 0.15) is 6.10 Å². The Morgan fingerprint density at radius 1 is 0.958 bits per heavy atom. The molecule has 0 aliphatic heterocycles. The van der Waals surface area contributed by atoms with E-state index in [0.717, 1.165) is 56.9 Å². The molecule has 48 heavy (non-hydrogen) atoms. The Hall–Kier alpha value is -2.48. The third-order valence-corrected chi connectivity index (χ3v) is 14.8. The minimum Gasteiger partial charge on any atom is -0.481 e. The third kappa shape index (κ3) is 5.60. The topological polar surface area (TPSA) is 130 Å². The van der Waals surface area contributed by atoms with Gasteiger partial charge < -0.3 is 20.3 Å². The van der Waals surface area contributed by atoms with Gasteiger partial charge in [-0.25, -0.2) is 0 Å². The highest BCUT2D eigenvalue weighted by atomic mass is 16.5. The molecule has 0 radical (unpaired) electrons. The molecule has 0 saturated heterocycles. The maximum atomic E-state index is 13.8. The molecule has 3 N–H and O–H groups in total. The molecule has 4 saturated carbocycles. The molecule has 0 spiro atoms. The van der Waals surface area contributed by atoms with E-state index in [1.54, 1.807) is 19.9 Å². The summed E-state index contributed by atoms with van der Waals surface area (Å²) in [6.07, 6.45) is 11.5. The number of nitrogens with one attached hydrogen (secondary N) is 1. The smallest absolute Gasteiger partial charge is 0.309 e. The first-order valence-electron chi connectivity index (χ1n) is 18.5. The number of hydrogen-bond donors (Lipinski definition) is 3. The number of esters is 1. The number of aliphatic hydroxyl groups is 1. The van der Waals surface area contributed by atoms with Gasteiger partial charge in [0.25, 0.3) is 0 Å². The normalized spacial score (nSPS) is 39.0. The van der Waals surface area contributed by atoms with Gasteiger partial charge in [-0.3, -0.25) is 19.2 Å². The molecule has 8 nitrogen and oxygen atoms in total. The van der Waals surface area contributed by atoms with Crippen molar-refractivity contribution in [1.82, 2.24) is 5.32 Å². The predicted molar refractivity (Wildman–Crippen MR) is 185 cm³/mol. The first-order chi connectivity index (χ1) is 22.2.